The second-order valence-electron chi connectivity index (χ2n) is 14.6. The fraction of sp³-hybridized carbons (Fsp3) is 0.455. The van der Waals surface area contributed by atoms with Crippen molar-refractivity contribution in [3.05, 3.63) is 83.0 Å². The van der Waals surface area contributed by atoms with Crippen molar-refractivity contribution < 1.29 is 26.3 Å². The van der Waals surface area contributed by atoms with Crippen molar-refractivity contribution in [1.82, 2.24) is 0 Å². The summed E-state index contributed by atoms with van der Waals surface area (Å²) in [5.74, 6) is -18.1. The van der Waals surface area contributed by atoms with E-state index in [1.54, 1.807) is 26.0 Å². The highest BCUT2D eigenvalue weighted by molar-refractivity contribution is 8.13. The van der Waals surface area contributed by atoms with Crippen LogP contribution in [0.4, 0.5) is 26.3 Å². The highest BCUT2D eigenvalue weighted by Gasteiger charge is 2.85. The summed E-state index contributed by atoms with van der Waals surface area (Å²) in [6, 6.07) is 15.8. The molecule has 0 nitrogen and oxygen atoms in total. The van der Waals surface area contributed by atoms with E-state index >= 15 is 26.3 Å². The van der Waals surface area contributed by atoms with Crippen LogP contribution >= 0.6 is 23.5 Å². The van der Waals surface area contributed by atoms with E-state index in [9.17, 15) is 0 Å². The van der Waals surface area contributed by atoms with Crippen molar-refractivity contribution in [2.75, 3.05) is 0 Å². The number of hydrogen-bond donors (Lipinski definition) is 0. The molecule has 0 saturated heterocycles. The summed E-state index contributed by atoms with van der Waals surface area (Å²) >= 11 is 2.74. The van der Waals surface area contributed by atoms with Gasteiger partial charge in [-0.3, -0.25) is 0 Å². The summed E-state index contributed by atoms with van der Waals surface area (Å²) in [5.41, 5.74) is -0.570. The quantitative estimate of drug-likeness (QED) is 0.181. The molecule has 0 bridgehead atoms. The largest absolute Gasteiger partial charge is 0.380 e. The maximum atomic E-state index is 15.8. The first kappa shape index (κ1) is 31.4. The molecule has 43 heavy (non-hydrogen) atoms. The molecule has 0 N–H and O–H groups in total. The van der Waals surface area contributed by atoms with E-state index in [0.29, 0.717) is 9.81 Å². The third kappa shape index (κ3) is 4.17. The zero-order chi connectivity index (χ0) is 31.8. The van der Waals surface area contributed by atoms with E-state index in [-0.39, 0.29) is 0 Å². The van der Waals surface area contributed by atoms with Crippen LogP contribution in [0.5, 0.6) is 0 Å². The van der Waals surface area contributed by atoms with Gasteiger partial charge in [-0.15, -0.1) is 23.5 Å². The van der Waals surface area contributed by atoms with E-state index in [1.165, 1.54) is 33.9 Å². The molecule has 0 spiro atoms. The minimum Gasteiger partial charge on any atom is -0.194 e. The Morgan fingerprint density at radius 1 is 0.581 bits per heavy atom. The number of thioether (sulfide) groups is 2. The number of fused-ring (bicyclic) bond motifs is 5. The van der Waals surface area contributed by atoms with Gasteiger partial charge in [0.15, 0.2) is 0 Å². The van der Waals surface area contributed by atoms with Crippen molar-refractivity contribution in [2.45, 2.75) is 80.4 Å². The first-order valence-corrected chi connectivity index (χ1v) is 23.1. The Balaban J connectivity index is 1.56. The van der Waals surface area contributed by atoms with Crippen LogP contribution in [0.25, 0.3) is 9.81 Å². The van der Waals surface area contributed by atoms with Gasteiger partial charge >= 0.3 is 17.8 Å². The second-order valence-corrected chi connectivity index (χ2v) is 27.8. The van der Waals surface area contributed by atoms with E-state index in [2.05, 4.69) is 39.3 Å². The van der Waals surface area contributed by atoms with Crippen molar-refractivity contribution in [1.29, 1.82) is 0 Å². The minimum atomic E-state index is -5.52. The molecule has 10 heteroatoms. The minimum absolute atomic E-state index is 0.672. The normalized spacial score (nSPS) is 32.2. The molecule has 0 amide bonds. The number of allylic oxidation sites excluding steroid dienone is 4. The molecule has 230 valence electrons. The fourth-order valence-corrected chi connectivity index (χ4v) is 12.7. The molecule has 6 rings (SSSR count). The van der Waals surface area contributed by atoms with Gasteiger partial charge in [0.25, 0.3) is 0 Å². The monoisotopic (exact) mass is 666 g/mol. The molecule has 2 heterocycles. The Morgan fingerprint density at radius 2 is 0.930 bits per heavy atom. The zero-order valence-corrected chi connectivity index (χ0v) is 29.1. The van der Waals surface area contributed by atoms with Gasteiger partial charge in [-0.1, -0.05) is 110 Å². The van der Waals surface area contributed by atoms with Gasteiger partial charge in [0, 0.05) is 42.3 Å². The zero-order valence-electron chi connectivity index (χ0n) is 25.5. The number of halogens is 6. The number of rotatable bonds is 4. The van der Waals surface area contributed by atoms with Crippen LogP contribution < -0.4 is 10.4 Å². The molecule has 2 aliphatic heterocycles. The molecule has 0 radical (unpaired) electrons. The van der Waals surface area contributed by atoms with Crippen LogP contribution in [0, 0.1) is 11.8 Å². The SMILES string of the molecule is CC12SC(c3cccc([Si](C)(C)C)c3)=CC1C1=C(C3C=C(c4cccc([Si](C)(C)C)c4)SC32C)C(F)(F)C(F)(F)C1(F)F. The van der Waals surface area contributed by atoms with Gasteiger partial charge in [0.05, 0.1) is 16.1 Å². The van der Waals surface area contributed by atoms with E-state index < -0.39 is 66.4 Å². The van der Waals surface area contributed by atoms with E-state index in [1.807, 2.05) is 48.5 Å². The number of hydrogen-bond acceptors (Lipinski definition) is 2. The lowest BCUT2D eigenvalue weighted by atomic mass is 9.63. The van der Waals surface area contributed by atoms with Crippen LogP contribution in [0.1, 0.15) is 25.0 Å². The summed E-state index contributed by atoms with van der Waals surface area (Å²) in [5, 5.41) is 2.34. The Morgan fingerprint density at radius 3 is 1.26 bits per heavy atom. The standard InChI is InChI=1S/C33H36F6S2Si2/c1-29-23(17-25(40-29)19-11-9-13-21(15-19)42(3,4)5)27-28(32(36,37)33(38,39)31(27,34)35)24-18-26(41-30(24,29)2)20-12-10-14-22(16-20)43(6,7)8/h9-18,23-24H,1-8H3. The topological polar surface area (TPSA) is 0 Å². The first-order chi connectivity index (χ1) is 19.6. The van der Waals surface area contributed by atoms with Crippen molar-refractivity contribution in [2.24, 2.45) is 11.8 Å². The molecule has 0 fully saturated rings. The molecule has 0 saturated carbocycles. The molecule has 0 aromatic heterocycles. The summed E-state index contributed by atoms with van der Waals surface area (Å²) in [4.78, 5) is 1.34. The Kier molecular flexibility index (Phi) is 6.73. The molecular formula is C33H36F6S2Si2. The smallest absolute Gasteiger partial charge is 0.194 e. The Hall–Kier alpha value is -1.63. The summed E-state index contributed by atoms with van der Waals surface area (Å²) < 4.78 is 91.2. The molecule has 4 unspecified atom stereocenters. The Bertz CT molecular complexity index is 1510. The average Bonchev–Trinajstić information content (AvgIpc) is 3.48. The van der Waals surface area contributed by atoms with Crippen LogP contribution in [0.2, 0.25) is 39.3 Å². The first-order valence-electron chi connectivity index (χ1n) is 14.5. The van der Waals surface area contributed by atoms with Crippen molar-refractivity contribution >= 4 is 59.9 Å². The third-order valence-corrected chi connectivity index (χ3v) is 17.5. The lowest BCUT2D eigenvalue weighted by Crippen LogP contribution is -2.56. The van der Waals surface area contributed by atoms with Gasteiger partial charge in [0.1, 0.15) is 0 Å². The van der Waals surface area contributed by atoms with Crippen LogP contribution in [-0.4, -0.2) is 43.4 Å². The van der Waals surface area contributed by atoms with Crippen molar-refractivity contribution in [3.63, 3.8) is 0 Å². The van der Waals surface area contributed by atoms with Gasteiger partial charge in [-0.25, -0.2) is 0 Å². The van der Waals surface area contributed by atoms with Crippen LogP contribution in [0.3, 0.4) is 0 Å². The van der Waals surface area contributed by atoms with E-state index in [0.717, 1.165) is 11.1 Å². The fourth-order valence-electron chi connectivity index (χ4n) is 7.00. The summed E-state index contributed by atoms with van der Waals surface area (Å²) in [6.07, 6.45) is 3.14. The van der Waals surface area contributed by atoms with Crippen LogP contribution in [0.15, 0.2) is 71.8 Å². The predicted molar refractivity (Wildman–Crippen MR) is 176 cm³/mol. The molecule has 2 aromatic rings. The third-order valence-electron chi connectivity index (χ3n) is 9.86. The van der Waals surface area contributed by atoms with E-state index in [4.69, 9.17) is 0 Å². The lowest BCUT2D eigenvalue weighted by Gasteiger charge is -2.52. The molecule has 4 aliphatic rings. The summed E-state index contributed by atoms with van der Waals surface area (Å²) in [6.45, 7) is 16.8. The van der Waals surface area contributed by atoms with Crippen molar-refractivity contribution in [3.8, 4) is 0 Å². The molecule has 4 atom stereocenters. The maximum Gasteiger partial charge on any atom is 0.380 e. The maximum absolute atomic E-state index is 15.8. The number of benzene rings is 2. The molecular weight excluding hydrogens is 631 g/mol. The van der Waals surface area contributed by atoms with Gasteiger partial charge < -0.3 is 0 Å². The lowest BCUT2D eigenvalue weighted by molar-refractivity contribution is -0.266. The highest BCUT2D eigenvalue weighted by atomic mass is 32.2. The van der Waals surface area contributed by atoms with Crippen LogP contribution in [-0.2, 0) is 0 Å². The van der Waals surface area contributed by atoms with Gasteiger partial charge in [-0.2, -0.15) is 26.3 Å². The molecule has 2 aromatic carbocycles. The molecule has 2 aliphatic carbocycles. The average molecular weight is 667 g/mol. The van der Waals surface area contributed by atoms with Gasteiger partial charge in [-0.05, 0) is 25.0 Å². The summed E-state index contributed by atoms with van der Waals surface area (Å²) in [7, 11) is -3.46. The second kappa shape index (κ2) is 9.22. The van der Waals surface area contributed by atoms with Gasteiger partial charge in [0.2, 0.25) is 0 Å². The number of alkyl halides is 6. The Labute approximate surface area is 260 Å². The predicted octanol–water partition coefficient (Wildman–Crippen LogP) is 9.63. The highest BCUT2D eigenvalue weighted by Crippen LogP contribution is 2.77.